The summed E-state index contributed by atoms with van der Waals surface area (Å²) in [6, 6.07) is 0. The van der Waals surface area contributed by atoms with Gasteiger partial charge in [0.15, 0.2) is 11.8 Å². The lowest BCUT2D eigenvalue weighted by Crippen LogP contribution is -2.42. The monoisotopic (exact) mass is 433 g/mol. The first-order valence-electron chi connectivity index (χ1n) is 8.44. The molecule has 3 rings (SSSR count). The van der Waals surface area contributed by atoms with Crippen molar-refractivity contribution in [3.05, 3.63) is 11.6 Å². The van der Waals surface area contributed by atoms with Gasteiger partial charge in [-0.15, -0.1) is 34.2 Å². The minimum atomic E-state index is 0. The van der Waals surface area contributed by atoms with Crippen molar-refractivity contribution in [3.63, 3.8) is 0 Å². The van der Waals surface area contributed by atoms with E-state index in [4.69, 9.17) is 0 Å². The lowest BCUT2D eigenvalue weighted by molar-refractivity contribution is 0.232. The highest BCUT2D eigenvalue weighted by molar-refractivity contribution is 14.0. The van der Waals surface area contributed by atoms with Gasteiger partial charge in [-0.05, 0) is 32.4 Å². The number of halogens is 1. The molecule has 130 valence electrons. The molecule has 0 saturated carbocycles. The molecule has 0 unspecified atom stereocenters. The number of likely N-dealkylation sites (tertiary alicyclic amines) is 1. The first kappa shape index (κ1) is 18.4. The molecular formula is C15H28IN7. The number of fused-ring (bicyclic) bond motifs is 1. The van der Waals surface area contributed by atoms with Crippen molar-refractivity contribution in [2.24, 2.45) is 4.99 Å². The Kier molecular flexibility index (Phi) is 7.54. The predicted octanol–water partition coefficient (Wildman–Crippen LogP) is 0.993. The second-order valence-corrected chi connectivity index (χ2v) is 6.04. The zero-order valence-corrected chi connectivity index (χ0v) is 16.3. The highest BCUT2D eigenvalue weighted by Crippen LogP contribution is 2.13. The molecule has 0 aliphatic carbocycles. The average Bonchev–Trinajstić information content (AvgIpc) is 3.16. The standard InChI is InChI=1S/C15H27N7.HI/c1-16-15(17-7-11-21-8-3-2-4-9-21)18-12-14-20-19-13-6-5-10-22(13)14;/h2-12H2,1H3,(H2,16,17,18);1H. The third-order valence-corrected chi connectivity index (χ3v) is 4.49. The molecule has 0 spiro atoms. The summed E-state index contributed by atoms with van der Waals surface area (Å²) in [6.45, 7) is 6.20. The summed E-state index contributed by atoms with van der Waals surface area (Å²) in [6.07, 6.45) is 6.29. The number of aliphatic imine (C=N–C) groups is 1. The van der Waals surface area contributed by atoms with E-state index in [-0.39, 0.29) is 24.0 Å². The van der Waals surface area contributed by atoms with Gasteiger partial charge in [-0.2, -0.15) is 0 Å². The fourth-order valence-corrected chi connectivity index (χ4v) is 3.24. The molecule has 0 amide bonds. The number of piperidine rings is 1. The van der Waals surface area contributed by atoms with Crippen LogP contribution in [0.25, 0.3) is 0 Å². The third kappa shape index (κ3) is 5.03. The van der Waals surface area contributed by atoms with E-state index >= 15 is 0 Å². The number of nitrogens with one attached hydrogen (secondary N) is 2. The van der Waals surface area contributed by atoms with Crippen molar-refractivity contribution in [2.45, 2.75) is 45.2 Å². The zero-order chi connectivity index (χ0) is 15.2. The maximum Gasteiger partial charge on any atom is 0.191 e. The molecule has 2 aliphatic rings. The van der Waals surface area contributed by atoms with Crippen molar-refractivity contribution in [2.75, 3.05) is 33.2 Å². The van der Waals surface area contributed by atoms with Crippen molar-refractivity contribution in [1.82, 2.24) is 30.3 Å². The van der Waals surface area contributed by atoms with Crippen LogP contribution in [0.2, 0.25) is 0 Å². The second-order valence-electron chi connectivity index (χ2n) is 6.04. The van der Waals surface area contributed by atoms with Crippen LogP contribution in [0.15, 0.2) is 4.99 Å². The SMILES string of the molecule is CN=C(NCCN1CCCCC1)NCc1nnc2n1CCC2.I. The molecule has 2 aliphatic heterocycles. The van der Waals surface area contributed by atoms with E-state index in [9.17, 15) is 0 Å². The quantitative estimate of drug-likeness (QED) is 0.412. The van der Waals surface area contributed by atoms with Gasteiger partial charge < -0.3 is 20.1 Å². The van der Waals surface area contributed by atoms with Gasteiger partial charge in [-0.1, -0.05) is 6.42 Å². The minimum Gasteiger partial charge on any atom is -0.355 e. The van der Waals surface area contributed by atoms with Crippen LogP contribution in [0.3, 0.4) is 0 Å². The van der Waals surface area contributed by atoms with Crippen molar-refractivity contribution in [1.29, 1.82) is 0 Å². The third-order valence-electron chi connectivity index (χ3n) is 4.49. The topological polar surface area (TPSA) is 70.4 Å². The van der Waals surface area contributed by atoms with E-state index < -0.39 is 0 Å². The van der Waals surface area contributed by atoms with Crippen LogP contribution in [-0.2, 0) is 19.5 Å². The van der Waals surface area contributed by atoms with Crippen LogP contribution in [0.5, 0.6) is 0 Å². The summed E-state index contributed by atoms with van der Waals surface area (Å²) >= 11 is 0. The lowest BCUT2D eigenvalue weighted by atomic mass is 10.1. The lowest BCUT2D eigenvalue weighted by Gasteiger charge is -2.26. The molecule has 0 aromatic carbocycles. The number of hydrogen-bond acceptors (Lipinski definition) is 4. The Morgan fingerprint density at radius 2 is 1.91 bits per heavy atom. The van der Waals surface area contributed by atoms with Crippen molar-refractivity contribution < 1.29 is 0 Å². The number of nitrogens with zero attached hydrogens (tertiary/aromatic N) is 5. The molecule has 7 nitrogen and oxygen atoms in total. The first-order valence-corrected chi connectivity index (χ1v) is 8.44. The highest BCUT2D eigenvalue weighted by Gasteiger charge is 2.17. The Bertz CT molecular complexity index is 508. The van der Waals surface area contributed by atoms with Crippen molar-refractivity contribution >= 4 is 29.9 Å². The Morgan fingerprint density at radius 1 is 1.09 bits per heavy atom. The molecule has 2 N–H and O–H groups in total. The molecule has 1 saturated heterocycles. The van der Waals surface area contributed by atoms with E-state index in [0.29, 0.717) is 6.54 Å². The van der Waals surface area contributed by atoms with Gasteiger partial charge >= 0.3 is 0 Å². The van der Waals surface area contributed by atoms with E-state index in [1.165, 1.54) is 38.8 Å². The molecule has 0 radical (unpaired) electrons. The summed E-state index contributed by atoms with van der Waals surface area (Å²) in [5, 5.41) is 15.2. The van der Waals surface area contributed by atoms with Crippen molar-refractivity contribution in [3.8, 4) is 0 Å². The Hall–Kier alpha value is -0.900. The van der Waals surface area contributed by atoms with E-state index in [0.717, 1.165) is 43.7 Å². The average molecular weight is 433 g/mol. The molecule has 23 heavy (non-hydrogen) atoms. The summed E-state index contributed by atoms with van der Waals surface area (Å²) in [7, 11) is 1.81. The van der Waals surface area contributed by atoms with Gasteiger partial charge in [0.2, 0.25) is 0 Å². The molecule has 1 aromatic rings. The number of rotatable bonds is 5. The van der Waals surface area contributed by atoms with Gasteiger partial charge in [0.1, 0.15) is 5.82 Å². The number of aromatic nitrogens is 3. The van der Waals surface area contributed by atoms with Gasteiger partial charge in [0, 0.05) is 33.1 Å². The Balaban J connectivity index is 0.00000192. The van der Waals surface area contributed by atoms with Gasteiger partial charge in [0.05, 0.1) is 6.54 Å². The molecule has 8 heteroatoms. The highest BCUT2D eigenvalue weighted by atomic mass is 127. The summed E-state index contributed by atoms with van der Waals surface area (Å²) in [5.41, 5.74) is 0. The maximum atomic E-state index is 4.28. The summed E-state index contributed by atoms with van der Waals surface area (Å²) in [5.74, 6) is 2.96. The first-order chi connectivity index (χ1) is 10.9. The summed E-state index contributed by atoms with van der Waals surface area (Å²) < 4.78 is 2.22. The Labute approximate surface area is 155 Å². The van der Waals surface area contributed by atoms with Crippen LogP contribution < -0.4 is 10.6 Å². The zero-order valence-electron chi connectivity index (χ0n) is 13.9. The Morgan fingerprint density at radius 3 is 2.70 bits per heavy atom. The van der Waals surface area contributed by atoms with Crippen LogP contribution in [0.4, 0.5) is 0 Å². The summed E-state index contributed by atoms with van der Waals surface area (Å²) in [4.78, 5) is 6.81. The van der Waals surface area contributed by atoms with Crippen LogP contribution in [0.1, 0.15) is 37.3 Å². The number of hydrogen-bond donors (Lipinski definition) is 2. The van der Waals surface area contributed by atoms with Crippen LogP contribution in [0, 0.1) is 0 Å². The fraction of sp³-hybridized carbons (Fsp3) is 0.800. The molecule has 0 bridgehead atoms. The predicted molar refractivity (Wildman–Crippen MR) is 102 cm³/mol. The largest absolute Gasteiger partial charge is 0.355 e. The molecule has 1 aromatic heterocycles. The number of aryl methyl sites for hydroxylation is 1. The fourth-order valence-electron chi connectivity index (χ4n) is 3.24. The van der Waals surface area contributed by atoms with E-state index in [2.05, 4.69) is 35.3 Å². The normalized spacial score (nSPS) is 18.4. The van der Waals surface area contributed by atoms with Crippen LogP contribution in [-0.4, -0.2) is 58.9 Å². The van der Waals surface area contributed by atoms with Gasteiger partial charge in [0.25, 0.3) is 0 Å². The maximum absolute atomic E-state index is 4.28. The van der Waals surface area contributed by atoms with Gasteiger partial charge in [-0.25, -0.2) is 0 Å². The van der Waals surface area contributed by atoms with E-state index in [1.54, 1.807) is 0 Å². The molecule has 3 heterocycles. The molecule has 0 atom stereocenters. The smallest absolute Gasteiger partial charge is 0.191 e. The molecule has 1 fully saturated rings. The van der Waals surface area contributed by atoms with Crippen LogP contribution >= 0.6 is 24.0 Å². The van der Waals surface area contributed by atoms with Gasteiger partial charge in [-0.3, -0.25) is 4.99 Å². The van der Waals surface area contributed by atoms with E-state index in [1.807, 2.05) is 7.05 Å². The number of guanidine groups is 1. The second kappa shape index (κ2) is 9.41. The minimum absolute atomic E-state index is 0. The molecular weight excluding hydrogens is 405 g/mol.